The topological polar surface area (TPSA) is 69.6 Å². The minimum atomic E-state index is -1.01. The molecule has 0 bridgehead atoms. The zero-order chi connectivity index (χ0) is 14.8. The molecule has 2 amide bonds. The second-order valence-electron chi connectivity index (χ2n) is 6.36. The molecule has 0 atom stereocenters. The van der Waals surface area contributed by atoms with Crippen molar-refractivity contribution in [2.75, 3.05) is 7.05 Å². The van der Waals surface area contributed by atoms with Crippen molar-refractivity contribution in [3.05, 3.63) is 0 Å². The van der Waals surface area contributed by atoms with E-state index in [0.29, 0.717) is 12.8 Å². The second kappa shape index (κ2) is 6.02. The molecule has 0 aliphatic heterocycles. The van der Waals surface area contributed by atoms with E-state index >= 15 is 0 Å². The van der Waals surface area contributed by atoms with E-state index in [2.05, 4.69) is 12.2 Å². The first-order valence-corrected chi connectivity index (χ1v) is 7.77. The molecule has 2 aliphatic carbocycles. The molecule has 2 saturated carbocycles. The van der Waals surface area contributed by atoms with Crippen molar-refractivity contribution >= 4 is 12.0 Å². The number of urea groups is 1. The van der Waals surface area contributed by atoms with Gasteiger partial charge in [-0.2, -0.15) is 0 Å². The first kappa shape index (κ1) is 15.1. The predicted octanol–water partition coefficient (Wildman–Crippen LogP) is 2.60. The highest BCUT2D eigenvalue weighted by molar-refractivity contribution is 5.87. The van der Waals surface area contributed by atoms with Gasteiger partial charge in [0.1, 0.15) is 5.54 Å². The van der Waals surface area contributed by atoms with E-state index in [1.165, 1.54) is 19.3 Å². The number of carboxylic acids is 1. The molecule has 2 fully saturated rings. The lowest BCUT2D eigenvalue weighted by Gasteiger charge is -2.41. The Balaban J connectivity index is 1.88. The van der Waals surface area contributed by atoms with Crippen molar-refractivity contribution in [3.8, 4) is 0 Å². The lowest BCUT2D eigenvalue weighted by atomic mass is 9.77. The van der Waals surface area contributed by atoms with Crippen LogP contribution >= 0.6 is 0 Å². The van der Waals surface area contributed by atoms with Crippen LogP contribution in [0.3, 0.4) is 0 Å². The molecule has 0 heterocycles. The highest BCUT2D eigenvalue weighted by atomic mass is 16.4. The Labute approximate surface area is 120 Å². The maximum absolute atomic E-state index is 12.3. The summed E-state index contributed by atoms with van der Waals surface area (Å²) in [6.07, 6.45) is 7.58. The molecule has 2 N–H and O–H groups in total. The zero-order valence-corrected chi connectivity index (χ0v) is 12.5. The van der Waals surface area contributed by atoms with Gasteiger partial charge in [-0.05, 0) is 50.9 Å². The number of nitrogens with one attached hydrogen (secondary N) is 1. The molecular formula is C15H26N2O3. The zero-order valence-electron chi connectivity index (χ0n) is 12.5. The molecule has 5 nitrogen and oxygen atoms in total. The van der Waals surface area contributed by atoms with Gasteiger partial charge in [0.15, 0.2) is 0 Å². The van der Waals surface area contributed by atoms with Crippen molar-refractivity contribution in [1.29, 1.82) is 0 Å². The van der Waals surface area contributed by atoms with E-state index in [1.807, 2.05) is 0 Å². The SMILES string of the molecule is CCC1CCC(N(C)C(=O)NC2(C(=O)O)CCC2)CC1. The van der Waals surface area contributed by atoms with Gasteiger partial charge in [0.2, 0.25) is 0 Å². The maximum atomic E-state index is 12.3. The molecule has 0 aromatic carbocycles. The number of hydrogen-bond acceptors (Lipinski definition) is 2. The summed E-state index contributed by atoms with van der Waals surface area (Å²) in [6, 6.07) is 0.0239. The van der Waals surface area contributed by atoms with Crippen LogP contribution < -0.4 is 5.32 Å². The molecule has 5 heteroatoms. The number of carboxylic acid groups (broad SMARTS) is 1. The Kier molecular flexibility index (Phi) is 4.55. The van der Waals surface area contributed by atoms with E-state index in [1.54, 1.807) is 11.9 Å². The Morgan fingerprint density at radius 2 is 1.85 bits per heavy atom. The fourth-order valence-electron chi connectivity index (χ4n) is 3.32. The van der Waals surface area contributed by atoms with Gasteiger partial charge < -0.3 is 15.3 Å². The third-order valence-corrected chi connectivity index (χ3v) is 5.22. The molecule has 0 saturated heterocycles. The standard InChI is InChI=1S/C15H26N2O3/c1-3-11-5-7-12(8-6-11)17(2)14(20)16-15(13(18)19)9-4-10-15/h11-12H,3-10H2,1-2H3,(H,16,20)(H,18,19). The van der Waals surface area contributed by atoms with Crippen molar-refractivity contribution in [1.82, 2.24) is 10.2 Å². The van der Waals surface area contributed by atoms with Crippen molar-refractivity contribution in [2.24, 2.45) is 5.92 Å². The van der Waals surface area contributed by atoms with Crippen LogP contribution in [0.2, 0.25) is 0 Å². The third-order valence-electron chi connectivity index (χ3n) is 5.22. The Morgan fingerprint density at radius 3 is 2.25 bits per heavy atom. The van der Waals surface area contributed by atoms with Gasteiger partial charge in [-0.25, -0.2) is 9.59 Å². The van der Waals surface area contributed by atoms with Crippen LogP contribution in [0.4, 0.5) is 4.79 Å². The Hall–Kier alpha value is -1.26. The summed E-state index contributed by atoms with van der Waals surface area (Å²) in [5, 5.41) is 12.0. The highest BCUT2D eigenvalue weighted by Crippen LogP contribution is 2.33. The van der Waals surface area contributed by atoms with Crippen molar-refractivity contribution in [2.45, 2.75) is 69.9 Å². The average Bonchev–Trinajstić information content (AvgIpc) is 2.41. The molecule has 0 aromatic heterocycles. The average molecular weight is 282 g/mol. The molecule has 0 spiro atoms. The largest absolute Gasteiger partial charge is 0.480 e. The van der Waals surface area contributed by atoms with Crippen molar-refractivity contribution in [3.63, 3.8) is 0 Å². The predicted molar refractivity (Wildman–Crippen MR) is 76.5 cm³/mol. The van der Waals surface area contributed by atoms with Crippen LogP contribution in [0.1, 0.15) is 58.3 Å². The van der Waals surface area contributed by atoms with Crippen molar-refractivity contribution < 1.29 is 14.7 Å². The summed E-state index contributed by atoms with van der Waals surface area (Å²) in [6.45, 7) is 2.22. The summed E-state index contributed by atoms with van der Waals surface area (Å²) < 4.78 is 0. The summed E-state index contributed by atoms with van der Waals surface area (Å²) >= 11 is 0. The van der Waals surface area contributed by atoms with E-state index in [4.69, 9.17) is 0 Å². The van der Waals surface area contributed by atoms with Crippen LogP contribution in [0.25, 0.3) is 0 Å². The van der Waals surface area contributed by atoms with Gasteiger partial charge >= 0.3 is 12.0 Å². The number of aliphatic carboxylic acids is 1. The molecule has 114 valence electrons. The summed E-state index contributed by atoms with van der Waals surface area (Å²) in [7, 11) is 1.79. The first-order valence-electron chi connectivity index (χ1n) is 7.77. The molecule has 2 rings (SSSR count). The van der Waals surface area contributed by atoms with E-state index in [-0.39, 0.29) is 12.1 Å². The minimum absolute atomic E-state index is 0.230. The molecule has 0 unspecified atom stereocenters. The van der Waals surface area contributed by atoms with E-state index in [9.17, 15) is 14.7 Å². The van der Waals surface area contributed by atoms with Gasteiger partial charge in [0, 0.05) is 13.1 Å². The summed E-state index contributed by atoms with van der Waals surface area (Å²) in [5.41, 5.74) is -1.01. The molecule has 20 heavy (non-hydrogen) atoms. The van der Waals surface area contributed by atoms with Gasteiger partial charge in [-0.3, -0.25) is 0 Å². The number of rotatable bonds is 4. The number of nitrogens with zero attached hydrogens (tertiary/aromatic N) is 1. The molecule has 0 radical (unpaired) electrons. The summed E-state index contributed by atoms with van der Waals surface area (Å²) in [5.74, 6) is -0.111. The lowest BCUT2D eigenvalue weighted by Crippen LogP contribution is -2.62. The first-order chi connectivity index (χ1) is 9.48. The monoisotopic (exact) mass is 282 g/mol. The van der Waals surface area contributed by atoms with Gasteiger partial charge in [0.05, 0.1) is 0 Å². The lowest BCUT2D eigenvalue weighted by molar-refractivity contribution is -0.148. The molecule has 0 aromatic rings. The maximum Gasteiger partial charge on any atom is 0.329 e. The highest BCUT2D eigenvalue weighted by Gasteiger charge is 2.46. The van der Waals surface area contributed by atoms with Crippen LogP contribution in [0.15, 0.2) is 0 Å². The number of carbonyl (C=O) groups is 2. The number of amides is 2. The van der Waals surface area contributed by atoms with Gasteiger partial charge in [-0.15, -0.1) is 0 Å². The summed E-state index contributed by atoms with van der Waals surface area (Å²) in [4.78, 5) is 25.3. The quantitative estimate of drug-likeness (QED) is 0.832. The Bertz CT molecular complexity index is 371. The van der Waals surface area contributed by atoms with E-state index < -0.39 is 11.5 Å². The van der Waals surface area contributed by atoms with Gasteiger partial charge in [0.25, 0.3) is 0 Å². The Morgan fingerprint density at radius 1 is 1.25 bits per heavy atom. The van der Waals surface area contributed by atoms with E-state index in [0.717, 1.165) is 25.2 Å². The smallest absolute Gasteiger partial charge is 0.329 e. The molecular weight excluding hydrogens is 256 g/mol. The fourth-order valence-corrected chi connectivity index (χ4v) is 3.32. The number of carbonyl (C=O) groups excluding carboxylic acids is 1. The fraction of sp³-hybridized carbons (Fsp3) is 0.867. The van der Waals surface area contributed by atoms with Crippen LogP contribution in [0, 0.1) is 5.92 Å². The van der Waals surface area contributed by atoms with Gasteiger partial charge in [-0.1, -0.05) is 13.3 Å². The minimum Gasteiger partial charge on any atom is -0.480 e. The molecule has 2 aliphatic rings. The number of hydrogen-bond donors (Lipinski definition) is 2. The second-order valence-corrected chi connectivity index (χ2v) is 6.36. The van der Waals surface area contributed by atoms with Crippen LogP contribution in [-0.4, -0.2) is 40.6 Å². The normalized spacial score (nSPS) is 28.3. The van der Waals surface area contributed by atoms with Crippen LogP contribution in [0.5, 0.6) is 0 Å². The van der Waals surface area contributed by atoms with Crippen LogP contribution in [-0.2, 0) is 4.79 Å². The third kappa shape index (κ3) is 2.91.